The first-order valence-electron chi connectivity index (χ1n) is 5.85. The molecule has 0 aliphatic carbocycles. The Balaban J connectivity index is 0.00000161. The van der Waals surface area contributed by atoms with E-state index in [1.165, 1.54) is 6.07 Å². The van der Waals surface area contributed by atoms with Crippen molar-refractivity contribution in [1.29, 1.82) is 0 Å². The van der Waals surface area contributed by atoms with Gasteiger partial charge in [0.25, 0.3) is 0 Å². The molecule has 1 aromatic heterocycles. The van der Waals surface area contributed by atoms with Crippen LogP contribution in [0.25, 0.3) is 22.3 Å². The number of phenolic OH excluding ortho intramolecular Hbond substituents is 3. The summed E-state index contributed by atoms with van der Waals surface area (Å²) in [5.74, 6) is -1.67. The van der Waals surface area contributed by atoms with Crippen molar-refractivity contribution < 1.29 is 19.7 Å². The van der Waals surface area contributed by atoms with Crippen LogP contribution in [0.2, 0.25) is 0 Å². The van der Waals surface area contributed by atoms with E-state index >= 15 is 0 Å². The van der Waals surface area contributed by atoms with E-state index < -0.39 is 22.7 Å². The second-order valence-electron chi connectivity index (χ2n) is 4.31. The molecule has 102 valence electrons. The molecule has 21 heavy (non-hydrogen) atoms. The zero-order valence-corrected chi connectivity index (χ0v) is 10.2. The first-order valence-corrected chi connectivity index (χ1v) is 5.85. The molecule has 0 saturated heterocycles. The van der Waals surface area contributed by atoms with Crippen molar-refractivity contribution in [3.63, 3.8) is 0 Å². The quantitative estimate of drug-likeness (QED) is 0.471. The minimum absolute atomic E-state index is 0. The van der Waals surface area contributed by atoms with Crippen LogP contribution in [0.15, 0.2) is 51.7 Å². The summed E-state index contributed by atoms with van der Waals surface area (Å²) in [6, 6.07) is 11.3. The van der Waals surface area contributed by atoms with E-state index in [-0.39, 0.29) is 40.5 Å². The Kier molecular flexibility index (Phi) is 4.27. The molecule has 1 heterocycles. The SMILES string of the molecule is O=c1cc(-c2ccccc2)oc2cc(O)c(O)c(O)c12.[NaH]. The van der Waals surface area contributed by atoms with Crippen molar-refractivity contribution in [2.45, 2.75) is 0 Å². The zero-order chi connectivity index (χ0) is 14.3. The fraction of sp³-hybridized carbons (Fsp3) is 0. The third-order valence-electron chi connectivity index (χ3n) is 3.00. The van der Waals surface area contributed by atoms with E-state index in [9.17, 15) is 20.1 Å². The summed E-state index contributed by atoms with van der Waals surface area (Å²) < 4.78 is 5.51. The fourth-order valence-corrected chi connectivity index (χ4v) is 2.02. The van der Waals surface area contributed by atoms with Crippen LogP contribution < -0.4 is 5.43 Å². The van der Waals surface area contributed by atoms with E-state index in [2.05, 4.69) is 0 Å². The van der Waals surface area contributed by atoms with Gasteiger partial charge in [-0.25, -0.2) is 0 Å². The standard InChI is InChI=1S/C15H10O5.Na.H/c16-9-6-11(8-4-2-1-3-5-8)20-12-7-10(17)14(18)15(19)13(9)12;;/h1-7,17-19H;;. The summed E-state index contributed by atoms with van der Waals surface area (Å²) in [6.07, 6.45) is 0. The third-order valence-corrected chi connectivity index (χ3v) is 3.00. The molecule has 5 nitrogen and oxygen atoms in total. The van der Waals surface area contributed by atoms with E-state index in [4.69, 9.17) is 4.42 Å². The van der Waals surface area contributed by atoms with Gasteiger partial charge in [0.1, 0.15) is 16.7 Å². The molecule has 0 radical (unpaired) electrons. The Hall–Kier alpha value is -1.95. The molecule has 6 heteroatoms. The molecule has 0 fully saturated rings. The van der Waals surface area contributed by atoms with Crippen LogP contribution in [0.5, 0.6) is 17.2 Å². The van der Waals surface area contributed by atoms with Gasteiger partial charge in [0, 0.05) is 17.7 Å². The van der Waals surface area contributed by atoms with Crippen molar-refractivity contribution in [3.8, 4) is 28.6 Å². The van der Waals surface area contributed by atoms with Gasteiger partial charge in [-0.3, -0.25) is 4.79 Å². The zero-order valence-electron chi connectivity index (χ0n) is 10.2. The molecule has 3 rings (SSSR count). The van der Waals surface area contributed by atoms with E-state index in [1.807, 2.05) is 6.07 Å². The van der Waals surface area contributed by atoms with Crippen molar-refractivity contribution in [1.82, 2.24) is 0 Å². The van der Waals surface area contributed by atoms with Crippen molar-refractivity contribution >= 4 is 40.5 Å². The molecule has 0 aliphatic rings. The van der Waals surface area contributed by atoms with Gasteiger partial charge in [0.05, 0.1) is 0 Å². The van der Waals surface area contributed by atoms with Crippen molar-refractivity contribution in [3.05, 3.63) is 52.7 Å². The van der Waals surface area contributed by atoms with E-state index in [0.29, 0.717) is 11.3 Å². The van der Waals surface area contributed by atoms with E-state index in [1.54, 1.807) is 24.3 Å². The molecule has 0 spiro atoms. The summed E-state index contributed by atoms with van der Waals surface area (Å²) in [5, 5.41) is 28.5. The van der Waals surface area contributed by atoms with Gasteiger partial charge in [0.15, 0.2) is 16.9 Å². The number of hydrogen-bond donors (Lipinski definition) is 3. The predicted molar refractivity (Wildman–Crippen MR) is 80.1 cm³/mol. The molecular weight excluding hydrogens is 283 g/mol. The summed E-state index contributed by atoms with van der Waals surface area (Å²) in [5.41, 5.74) is 0.195. The molecule has 0 bridgehead atoms. The number of hydrogen-bond acceptors (Lipinski definition) is 5. The van der Waals surface area contributed by atoms with Gasteiger partial charge >= 0.3 is 29.6 Å². The second-order valence-corrected chi connectivity index (χ2v) is 4.31. The molecular formula is C15H11NaO5. The molecule has 0 unspecified atom stereocenters. The molecule has 0 amide bonds. The van der Waals surface area contributed by atoms with E-state index in [0.717, 1.165) is 6.07 Å². The summed E-state index contributed by atoms with van der Waals surface area (Å²) in [7, 11) is 0. The maximum absolute atomic E-state index is 12.0. The van der Waals surface area contributed by atoms with Gasteiger partial charge in [-0.2, -0.15) is 0 Å². The number of fused-ring (bicyclic) bond motifs is 1. The molecule has 3 N–H and O–H groups in total. The summed E-state index contributed by atoms with van der Waals surface area (Å²) >= 11 is 0. The van der Waals surface area contributed by atoms with Crippen LogP contribution in [0, 0.1) is 0 Å². The van der Waals surface area contributed by atoms with Gasteiger partial charge in [-0.15, -0.1) is 0 Å². The Bertz CT molecular complexity index is 855. The van der Waals surface area contributed by atoms with Gasteiger partial charge in [0.2, 0.25) is 5.75 Å². The number of benzene rings is 2. The number of rotatable bonds is 1. The molecule has 0 saturated carbocycles. The Labute approximate surface area is 141 Å². The van der Waals surface area contributed by atoms with Gasteiger partial charge < -0.3 is 19.7 Å². The molecule has 0 aliphatic heterocycles. The van der Waals surface area contributed by atoms with Crippen molar-refractivity contribution in [2.24, 2.45) is 0 Å². The second kappa shape index (κ2) is 5.81. The third kappa shape index (κ3) is 2.63. The first-order chi connectivity index (χ1) is 9.58. The molecule has 3 aromatic rings. The first kappa shape index (κ1) is 15.4. The molecule has 2 aromatic carbocycles. The van der Waals surface area contributed by atoms with Crippen LogP contribution >= 0.6 is 0 Å². The maximum atomic E-state index is 12.0. The van der Waals surface area contributed by atoms with Gasteiger partial charge in [-0.05, 0) is 0 Å². The number of phenols is 3. The summed E-state index contributed by atoms with van der Waals surface area (Å²) in [6.45, 7) is 0. The van der Waals surface area contributed by atoms with Crippen LogP contribution in [0.3, 0.4) is 0 Å². The average Bonchev–Trinajstić information content (AvgIpc) is 2.45. The van der Waals surface area contributed by atoms with Crippen LogP contribution in [-0.2, 0) is 0 Å². The Morgan fingerprint density at radius 2 is 1.57 bits per heavy atom. The van der Waals surface area contributed by atoms with Crippen molar-refractivity contribution in [2.75, 3.05) is 0 Å². The molecule has 0 atom stereocenters. The average molecular weight is 294 g/mol. The minimum atomic E-state index is -0.739. The van der Waals surface area contributed by atoms with Gasteiger partial charge in [-0.1, -0.05) is 30.3 Å². The fourth-order valence-electron chi connectivity index (χ4n) is 2.02. The Morgan fingerprint density at radius 1 is 0.905 bits per heavy atom. The van der Waals surface area contributed by atoms with Crippen LogP contribution in [0.4, 0.5) is 0 Å². The summed E-state index contributed by atoms with van der Waals surface area (Å²) in [4.78, 5) is 12.0. The van der Waals surface area contributed by atoms with Crippen LogP contribution in [-0.4, -0.2) is 44.9 Å². The predicted octanol–water partition coefficient (Wildman–Crippen LogP) is 1.93. The topological polar surface area (TPSA) is 90.9 Å². The Morgan fingerprint density at radius 3 is 2.24 bits per heavy atom. The number of aromatic hydroxyl groups is 3. The van der Waals surface area contributed by atoms with Crippen LogP contribution in [0.1, 0.15) is 0 Å². The normalized spacial score (nSPS) is 10.3. The monoisotopic (exact) mass is 294 g/mol.